The van der Waals surface area contributed by atoms with Gasteiger partial charge in [-0.15, -0.1) is 0 Å². The van der Waals surface area contributed by atoms with Crippen molar-refractivity contribution in [2.75, 3.05) is 0 Å². The van der Waals surface area contributed by atoms with Gasteiger partial charge in [-0.1, -0.05) is 36.8 Å². The summed E-state index contributed by atoms with van der Waals surface area (Å²) in [5.74, 6) is 0.0471. The van der Waals surface area contributed by atoms with Crippen LogP contribution in [-0.4, -0.2) is 34.6 Å². The Kier molecular flexibility index (Phi) is 5.02. The van der Waals surface area contributed by atoms with Crippen LogP contribution in [0.4, 0.5) is 4.79 Å². The van der Waals surface area contributed by atoms with Crippen molar-refractivity contribution < 1.29 is 19.1 Å². The molecule has 1 heterocycles. The fourth-order valence-electron chi connectivity index (χ4n) is 3.90. The molecule has 1 aromatic carbocycles. The van der Waals surface area contributed by atoms with Crippen molar-refractivity contribution >= 4 is 12.1 Å². The second kappa shape index (κ2) is 7.06. The van der Waals surface area contributed by atoms with Gasteiger partial charge in [-0.05, 0) is 51.5 Å². The minimum atomic E-state index is -0.577. The highest BCUT2D eigenvalue weighted by Gasteiger charge is 2.50. The highest BCUT2D eigenvalue weighted by Crippen LogP contribution is 2.42. The lowest BCUT2D eigenvalue weighted by Crippen LogP contribution is -2.47. The molecule has 1 aromatic rings. The lowest BCUT2D eigenvalue weighted by Gasteiger charge is -2.31. The molecule has 0 N–H and O–H groups in total. The van der Waals surface area contributed by atoms with Crippen LogP contribution < -0.4 is 0 Å². The Morgan fingerprint density at radius 1 is 1.16 bits per heavy atom. The minimum Gasteiger partial charge on any atom is -0.459 e. The first-order chi connectivity index (χ1) is 11.8. The summed E-state index contributed by atoms with van der Waals surface area (Å²) in [5.41, 5.74) is 0.365. The van der Waals surface area contributed by atoms with Gasteiger partial charge in [0.05, 0.1) is 0 Å². The summed E-state index contributed by atoms with van der Waals surface area (Å²) in [6.07, 6.45) is 3.38. The van der Waals surface area contributed by atoms with Crippen LogP contribution in [0.15, 0.2) is 30.3 Å². The third-order valence-electron chi connectivity index (χ3n) is 4.94. The summed E-state index contributed by atoms with van der Waals surface area (Å²) in [5, 5.41) is 0. The third-order valence-corrected chi connectivity index (χ3v) is 4.94. The van der Waals surface area contributed by atoms with Gasteiger partial charge in [-0.25, -0.2) is 9.59 Å². The van der Waals surface area contributed by atoms with Crippen LogP contribution in [0.5, 0.6) is 0 Å². The molecule has 5 heteroatoms. The molecule has 1 aliphatic heterocycles. The second-order valence-electron chi connectivity index (χ2n) is 7.99. The molecule has 1 amide bonds. The summed E-state index contributed by atoms with van der Waals surface area (Å²) < 4.78 is 11.1. The Labute approximate surface area is 149 Å². The number of benzene rings is 1. The number of amides is 1. The average molecular weight is 345 g/mol. The Hall–Kier alpha value is -2.04. The quantitative estimate of drug-likeness (QED) is 0.780. The van der Waals surface area contributed by atoms with E-state index in [4.69, 9.17) is 9.47 Å². The molecule has 0 radical (unpaired) electrons. The standard InChI is InChI=1S/C20H27NO4/c1-20(2,3)25-19(23)21-16-11-7-10-15(16)12-17(21)18(22)24-13-14-8-5-4-6-9-14/h4-6,8-9,15-17H,7,10-13H2,1-3H3/t15?,16?,17-/m0/s1. The highest BCUT2D eigenvalue weighted by atomic mass is 16.6. The SMILES string of the molecule is CC(C)(C)OC(=O)N1C2CCCC2C[C@H]1C(=O)OCc1ccccc1. The molecule has 2 aliphatic rings. The van der Waals surface area contributed by atoms with Gasteiger partial charge >= 0.3 is 12.1 Å². The summed E-state index contributed by atoms with van der Waals surface area (Å²) >= 11 is 0. The Morgan fingerprint density at radius 3 is 2.56 bits per heavy atom. The monoisotopic (exact) mass is 345 g/mol. The predicted molar refractivity (Wildman–Crippen MR) is 93.8 cm³/mol. The molecule has 1 saturated carbocycles. The lowest BCUT2D eigenvalue weighted by molar-refractivity contribution is -0.150. The van der Waals surface area contributed by atoms with E-state index in [1.807, 2.05) is 51.1 Å². The molecule has 0 bridgehead atoms. The molecule has 25 heavy (non-hydrogen) atoms. The van der Waals surface area contributed by atoms with Crippen LogP contribution in [0.2, 0.25) is 0 Å². The fourth-order valence-corrected chi connectivity index (χ4v) is 3.90. The fraction of sp³-hybridized carbons (Fsp3) is 0.600. The maximum atomic E-state index is 12.7. The lowest BCUT2D eigenvalue weighted by atomic mass is 10.0. The topological polar surface area (TPSA) is 55.8 Å². The molecule has 3 atom stereocenters. The molecular weight excluding hydrogens is 318 g/mol. The molecule has 0 aromatic heterocycles. The molecule has 0 spiro atoms. The van der Waals surface area contributed by atoms with Crippen molar-refractivity contribution in [2.24, 2.45) is 5.92 Å². The van der Waals surface area contributed by atoms with Gasteiger partial charge in [0.15, 0.2) is 0 Å². The minimum absolute atomic E-state index is 0.101. The first kappa shape index (κ1) is 17.8. The Balaban J connectivity index is 1.69. The molecule has 5 nitrogen and oxygen atoms in total. The number of likely N-dealkylation sites (tertiary alicyclic amines) is 1. The van der Waals surface area contributed by atoms with Crippen LogP contribution in [0, 0.1) is 5.92 Å². The van der Waals surface area contributed by atoms with Gasteiger partial charge in [-0.3, -0.25) is 4.90 Å². The Morgan fingerprint density at radius 2 is 1.88 bits per heavy atom. The largest absolute Gasteiger partial charge is 0.459 e. The predicted octanol–water partition coefficient (Wildman–Crippen LogP) is 3.91. The van der Waals surface area contributed by atoms with Crippen molar-refractivity contribution in [1.29, 1.82) is 0 Å². The van der Waals surface area contributed by atoms with Gasteiger partial charge in [0, 0.05) is 6.04 Å². The molecule has 1 saturated heterocycles. The molecular formula is C20H27NO4. The number of hydrogen-bond acceptors (Lipinski definition) is 4. The summed E-state index contributed by atoms with van der Waals surface area (Å²) in [6.45, 7) is 5.76. The van der Waals surface area contributed by atoms with Gasteiger partial charge in [0.25, 0.3) is 0 Å². The number of carbonyl (C=O) groups excluding carboxylic acids is 2. The van der Waals surface area contributed by atoms with E-state index in [-0.39, 0.29) is 18.6 Å². The van der Waals surface area contributed by atoms with Gasteiger partial charge in [-0.2, -0.15) is 0 Å². The van der Waals surface area contributed by atoms with E-state index in [1.54, 1.807) is 4.90 Å². The molecule has 3 rings (SSSR count). The van der Waals surface area contributed by atoms with Crippen LogP contribution >= 0.6 is 0 Å². The normalized spacial score (nSPS) is 25.6. The summed E-state index contributed by atoms with van der Waals surface area (Å²) in [7, 11) is 0. The van der Waals surface area contributed by atoms with Crippen molar-refractivity contribution in [3.8, 4) is 0 Å². The van der Waals surface area contributed by atoms with Crippen LogP contribution in [0.25, 0.3) is 0 Å². The smallest absolute Gasteiger partial charge is 0.411 e. The summed E-state index contributed by atoms with van der Waals surface area (Å²) in [4.78, 5) is 27.0. The van der Waals surface area contributed by atoms with Crippen molar-refractivity contribution in [2.45, 2.75) is 70.7 Å². The van der Waals surface area contributed by atoms with E-state index in [0.717, 1.165) is 24.8 Å². The maximum Gasteiger partial charge on any atom is 0.411 e. The number of fused-ring (bicyclic) bond motifs is 1. The first-order valence-electron chi connectivity index (χ1n) is 9.07. The van der Waals surface area contributed by atoms with E-state index in [1.165, 1.54) is 0 Å². The second-order valence-corrected chi connectivity index (χ2v) is 7.99. The number of ether oxygens (including phenoxy) is 2. The average Bonchev–Trinajstić information content (AvgIpc) is 3.12. The van der Waals surface area contributed by atoms with Crippen molar-refractivity contribution in [3.05, 3.63) is 35.9 Å². The van der Waals surface area contributed by atoms with Gasteiger partial charge < -0.3 is 9.47 Å². The van der Waals surface area contributed by atoms with Gasteiger partial charge in [0.1, 0.15) is 18.2 Å². The molecule has 136 valence electrons. The molecule has 2 fully saturated rings. The first-order valence-corrected chi connectivity index (χ1v) is 9.07. The van der Waals surface area contributed by atoms with E-state index >= 15 is 0 Å². The van der Waals surface area contributed by atoms with E-state index < -0.39 is 17.7 Å². The molecule has 2 unspecified atom stereocenters. The number of esters is 1. The summed E-state index contributed by atoms with van der Waals surface area (Å²) in [6, 6.07) is 9.16. The van der Waals surface area contributed by atoms with E-state index in [0.29, 0.717) is 12.3 Å². The number of nitrogens with zero attached hydrogens (tertiary/aromatic N) is 1. The highest BCUT2D eigenvalue weighted by molar-refractivity contribution is 5.82. The van der Waals surface area contributed by atoms with Gasteiger partial charge in [0.2, 0.25) is 0 Å². The zero-order chi connectivity index (χ0) is 18.0. The van der Waals surface area contributed by atoms with Crippen LogP contribution in [0.3, 0.4) is 0 Å². The van der Waals surface area contributed by atoms with E-state index in [2.05, 4.69) is 0 Å². The van der Waals surface area contributed by atoms with Crippen molar-refractivity contribution in [1.82, 2.24) is 4.90 Å². The third kappa shape index (κ3) is 4.14. The Bertz CT molecular complexity index is 622. The zero-order valence-electron chi connectivity index (χ0n) is 15.2. The zero-order valence-corrected chi connectivity index (χ0v) is 15.2. The van der Waals surface area contributed by atoms with Crippen LogP contribution in [0.1, 0.15) is 52.0 Å². The molecule has 1 aliphatic carbocycles. The van der Waals surface area contributed by atoms with E-state index in [9.17, 15) is 9.59 Å². The number of hydrogen-bond donors (Lipinski definition) is 0. The number of carbonyl (C=O) groups is 2. The maximum absolute atomic E-state index is 12.7. The van der Waals surface area contributed by atoms with Crippen LogP contribution in [-0.2, 0) is 20.9 Å². The van der Waals surface area contributed by atoms with Crippen molar-refractivity contribution in [3.63, 3.8) is 0 Å². The number of rotatable bonds is 3.